The number of amides is 4. The average Bonchev–Trinajstić information content (AvgIpc) is 4.22. The Bertz CT molecular complexity index is 2630. The summed E-state index contributed by atoms with van der Waals surface area (Å²) in [4.78, 5) is 71.8. The summed E-state index contributed by atoms with van der Waals surface area (Å²) < 4.78 is 12.0. The normalized spacial score (nSPS) is 17.6. The van der Waals surface area contributed by atoms with Gasteiger partial charge in [-0.25, -0.2) is 19.6 Å². The van der Waals surface area contributed by atoms with E-state index >= 15 is 0 Å². The Labute approximate surface area is 397 Å². The van der Waals surface area contributed by atoms with Crippen molar-refractivity contribution in [2.24, 2.45) is 11.8 Å². The molecule has 68 heavy (non-hydrogen) atoms. The van der Waals surface area contributed by atoms with E-state index in [1.807, 2.05) is 49.9 Å². The molecule has 2 aliphatic heterocycles. The van der Waals surface area contributed by atoms with Crippen molar-refractivity contribution in [2.45, 2.75) is 96.8 Å². The number of methoxy groups -OCH3 is 2. The summed E-state index contributed by atoms with van der Waals surface area (Å²) in [6.45, 7) is 8.82. The quantitative estimate of drug-likeness (QED) is 0.0886. The zero-order valence-corrected chi connectivity index (χ0v) is 39.7. The van der Waals surface area contributed by atoms with Gasteiger partial charge in [-0.05, 0) is 114 Å². The maximum absolute atomic E-state index is 13.7. The molecule has 1 aliphatic carbocycles. The molecular formula is C53H61N9O6. The van der Waals surface area contributed by atoms with Crippen LogP contribution >= 0.6 is 0 Å². The number of aromatic amines is 2. The van der Waals surface area contributed by atoms with Gasteiger partial charge in [-0.1, -0.05) is 82.3 Å². The number of aromatic nitrogens is 5. The number of likely N-dealkylation sites (tertiary alicyclic amines) is 2. The molecule has 4 N–H and O–H groups in total. The van der Waals surface area contributed by atoms with Crippen molar-refractivity contribution in [3.05, 3.63) is 114 Å². The standard InChI is InChI=1S/C53H61N9O6/c1-31(2)46(58-52(65)67-5)50(63)60-26-8-12-44(60)48-54-29-40(56-48)34-14-18-36(19-15-34)42-24-25-43(62(42)39-23-22-33-10-7-11-38(33)28-39)37-20-16-35(17-21-37)41-30-55-49(57-41)45-13-9-27-61(45)51(64)47(32(3)4)59-53(66)68-6/h14-25,28-32,44-47H,7-13,26-27H2,1-6H3,(H,54,56)(H,55,57)(H,58,65)(H,59,66). The van der Waals surface area contributed by atoms with E-state index in [1.165, 1.54) is 25.3 Å². The van der Waals surface area contributed by atoms with Crippen LogP contribution in [0, 0.1) is 11.8 Å². The molecule has 15 nitrogen and oxygen atoms in total. The summed E-state index contributed by atoms with van der Waals surface area (Å²) >= 11 is 0. The van der Waals surface area contributed by atoms with E-state index < -0.39 is 24.3 Å². The van der Waals surface area contributed by atoms with E-state index in [0.717, 1.165) is 107 Å². The molecule has 4 unspecified atom stereocenters. The van der Waals surface area contributed by atoms with E-state index in [2.05, 4.69) is 104 Å². The third kappa shape index (κ3) is 9.13. The van der Waals surface area contributed by atoms with Gasteiger partial charge in [0.05, 0.1) is 61.5 Å². The second-order valence-corrected chi connectivity index (χ2v) is 18.9. The number of imidazole rings is 2. The summed E-state index contributed by atoms with van der Waals surface area (Å²) in [6, 6.07) is 26.4. The van der Waals surface area contributed by atoms with Crippen LogP contribution in [0.4, 0.5) is 9.59 Å². The molecule has 0 saturated carbocycles. The molecule has 0 bridgehead atoms. The molecule has 3 aromatic carbocycles. The molecule has 4 amide bonds. The molecule has 3 aromatic heterocycles. The van der Waals surface area contributed by atoms with Gasteiger partial charge in [0.1, 0.15) is 23.7 Å². The zero-order chi connectivity index (χ0) is 47.6. The Kier molecular flexibility index (Phi) is 13.2. The van der Waals surface area contributed by atoms with Gasteiger partial charge >= 0.3 is 12.2 Å². The van der Waals surface area contributed by atoms with Crippen molar-refractivity contribution >= 4 is 24.0 Å². The number of hydrogen-bond acceptors (Lipinski definition) is 8. The number of fused-ring (bicyclic) bond motifs is 1. The number of nitrogens with one attached hydrogen (secondary N) is 4. The number of carbonyl (C=O) groups is 4. The maximum Gasteiger partial charge on any atom is 0.407 e. The minimum absolute atomic E-state index is 0.115. The predicted octanol–water partition coefficient (Wildman–Crippen LogP) is 9.17. The minimum Gasteiger partial charge on any atom is -0.453 e. The fourth-order valence-corrected chi connectivity index (χ4v) is 10.2. The zero-order valence-electron chi connectivity index (χ0n) is 39.7. The lowest BCUT2D eigenvalue weighted by Gasteiger charge is -2.30. The summed E-state index contributed by atoms with van der Waals surface area (Å²) in [6.07, 6.45) is 8.99. The SMILES string of the molecule is COC(=O)NC(C(=O)N1CCCC1c1ncc(-c2ccc(-c3ccc(-c4ccc(-c5cnc(C6CCCN6C(=O)C(NC(=O)OC)C(C)C)[nH]5)cc4)n3-c3ccc4c(c3)CCC4)cc2)[nH]1)C(C)C. The highest BCUT2D eigenvalue weighted by Crippen LogP contribution is 2.38. The molecular weight excluding hydrogens is 859 g/mol. The predicted molar refractivity (Wildman–Crippen MR) is 260 cm³/mol. The van der Waals surface area contributed by atoms with Crippen LogP contribution in [-0.2, 0) is 31.9 Å². The van der Waals surface area contributed by atoms with Gasteiger partial charge in [0, 0.05) is 18.8 Å². The fraction of sp³-hybridized carbons (Fsp3) is 0.396. The van der Waals surface area contributed by atoms with Crippen molar-refractivity contribution in [2.75, 3.05) is 27.3 Å². The Balaban J connectivity index is 0.958. The molecule has 5 heterocycles. The molecule has 0 spiro atoms. The van der Waals surface area contributed by atoms with Crippen LogP contribution in [0.25, 0.3) is 50.7 Å². The molecule has 9 rings (SSSR count). The van der Waals surface area contributed by atoms with Crippen LogP contribution in [0.15, 0.2) is 91.3 Å². The van der Waals surface area contributed by atoms with Gasteiger partial charge in [-0.3, -0.25) is 9.59 Å². The number of ether oxygens (including phenoxy) is 2. The number of nitrogens with zero attached hydrogens (tertiary/aromatic N) is 5. The first-order valence-corrected chi connectivity index (χ1v) is 23.9. The van der Waals surface area contributed by atoms with Crippen molar-refractivity contribution in [3.63, 3.8) is 0 Å². The first-order chi connectivity index (χ1) is 32.9. The summed E-state index contributed by atoms with van der Waals surface area (Å²) in [5.74, 6) is 0.941. The molecule has 0 radical (unpaired) electrons. The second kappa shape index (κ2) is 19.6. The second-order valence-electron chi connectivity index (χ2n) is 18.9. The van der Waals surface area contributed by atoms with E-state index in [9.17, 15) is 19.2 Å². The Morgan fingerprint density at radius 3 is 1.47 bits per heavy atom. The lowest BCUT2D eigenvalue weighted by molar-refractivity contribution is -0.136. The van der Waals surface area contributed by atoms with Gasteiger partial charge in [0.25, 0.3) is 0 Å². The number of aryl methyl sites for hydroxylation is 2. The minimum atomic E-state index is -0.699. The highest BCUT2D eigenvalue weighted by atomic mass is 16.5. The van der Waals surface area contributed by atoms with Crippen molar-refractivity contribution in [1.29, 1.82) is 0 Å². The molecule has 3 aliphatic rings. The number of hydrogen-bond donors (Lipinski definition) is 4. The van der Waals surface area contributed by atoms with Crippen LogP contribution in [0.3, 0.4) is 0 Å². The number of rotatable bonds is 13. The highest BCUT2D eigenvalue weighted by Gasteiger charge is 2.39. The van der Waals surface area contributed by atoms with Gasteiger partial charge in [0.15, 0.2) is 0 Å². The van der Waals surface area contributed by atoms with Gasteiger partial charge in [-0.15, -0.1) is 0 Å². The average molecular weight is 920 g/mol. The van der Waals surface area contributed by atoms with Gasteiger partial charge in [-0.2, -0.15) is 0 Å². The smallest absolute Gasteiger partial charge is 0.407 e. The molecule has 6 aromatic rings. The van der Waals surface area contributed by atoms with E-state index in [-0.39, 0.29) is 35.7 Å². The highest BCUT2D eigenvalue weighted by molar-refractivity contribution is 5.87. The Morgan fingerprint density at radius 2 is 1.03 bits per heavy atom. The van der Waals surface area contributed by atoms with Crippen LogP contribution in [0.1, 0.15) is 94.7 Å². The molecule has 2 saturated heterocycles. The van der Waals surface area contributed by atoms with Crippen molar-refractivity contribution in [3.8, 4) is 50.7 Å². The lowest BCUT2D eigenvalue weighted by atomic mass is 10.0. The van der Waals surface area contributed by atoms with E-state index in [1.54, 1.807) is 0 Å². The van der Waals surface area contributed by atoms with E-state index in [0.29, 0.717) is 13.1 Å². The summed E-state index contributed by atoms with van der Waals surface area (Å²) in [7, 11) is 2.60. The van der Waals surface area contributed by atoms with Crippen LogP contribution in [0.5, 0.6) is 0 Å². The third-order valence-corrected chi connectivity index (χ3v) is 13.9. The van der Waals surface area contributed by atoms with Crippen LogP contribution < -0.4 is 10.6 Å². The van der Waals surface area contributed by atoms with Crippen LogP contribution in [-0.4, -0.2) is 97.7 Å². The number of benzene rings is 3. The fourth-order valence-electron chi connectivity index (χ4n) is 10.2. The van der Waals surface area contributed by atoms with Gasteiger partial charge in [0.2, 0.25) is 11.8 Å². The Hall–Kier alpha value is -7.16. The first-order valence-electron chi connectivity index (χ1n) is 23.9. The molecule has 4 atom stereocenters. The Morgan fingerprint density at radius 1 is 0.588 bits per heavy atom. The number of carbonyl (C=O) groups excluding carboxylic acids is 4. The van der Waals surface area contributed by atoms with Gasteiger partial charge < -0.3 is 44.4 Å². The molecule has 2 fully saturated rings. The van der Waals surface area contributed by atoms with Crippen molar-refractivity contribution < 1.29 is 28.7 Å². The van der Waals surface area contributed by atoms with Crippen LogP contribution in [0.2, 0.25) is 0 Å². The first kappa shape index (κ1) is 46.0. The lowest BCUT2D eigenvalue weighted by Crippen LogP contribution is -2.51. The number of H-pyrrole nitrogens is 2. The van der Waals surface area contributed by atoms with Crippen molar-refractivity contribution in [1.82, 2.24) is 44.9 Å². The third-order valence-electron chi connectivity index (χ3n) is 13.9. The monoisotopic (exact) mass is 919 g/mol. The topological polar surface area (TPSA) is 180 Å². The molecule has 15 heteroatoms. The largest absolute Gasteiger partial charge is 0.453 e. The number of alkyl carbamates (subject to hydrolysis) is 2. The summed E-state index contributed by atoms with van der Waals surface area (Å²) in [5, 5.41) is 5.45. The van der Waals surface area contributed by atoms with E-state index in [4.69, 9.17) is 19.4 Å². The maximum atomic E-state index is 13.7. The summed E-state index contributed by atoms with van der Waals surface area (Å²) in [5.41, 5.74) is 11.9. The molecule has 354 valence electrons.